The number of aliphatic carboxylic acids is 1. The fourth-order valence-electron chi connectivity index (χ4n) is 1.88. The van der Waals surface area contributed by atoms with Crippen molar-refractivity contribution in [1.29, 1.82) is 0 Å². The van der Waals surface area contributed by atoms with Crippen molar-refractivity contribution >= 4 is 17.6 Å². The van der Waals surface area contributed by atoms with Crippen LogP contribution in [0.25, 0.3) is 0 Å². The number of amides is 1. The monoisotopic (exact) mass is 263 g/mol. The largest absolute Gasteiger partial charge is 0.491 e. The number of carboxylic acid groups (broad SMARTS) is 1. The molecular weight excluding hydrogens is 246 g/mol. The minimum atomic E-state index is -0.902. The quantitative estimate of drug-likeness (QED) is 0.853. The molecule has 0 aliphatic heterocycles. The second-order valence-corrected chi connectivity index (χ2v) is 4.97. The van der Waals surface area contributed by atoms with Crippen LogP contribution in [0, 0.1) is 11.8 Å². The number of carboxylic acids is 1. The summed E-state index contributed by atoms with van der Waals surface area (Å²) in [5.41, 5.74) is 0.650. The van der Waals surface area contributed by atoms with Gasteiger partial charge >= 0.3 is 5.97 Å². The fourth-order valence-corrected chi connectivity index (χ4v) is 1.88. The van der Waals surface area contributed by atoms with Crippen LogP contribution in [0.5, 0.6) is 5.75 Å². The number of ether oxygens (including phenoxy) is 1. The third-order valence-corrected chi connectivity index (χ3v) is 2.94. The lowest BCUT2D eigenvalue weighted by atomic mass is 10.2. The van der Waals surface area contributed by atoms with Crippen molar-refractivity contribution in [3.05, 3.63) is 24.3 Å². The zero-order valence-corrected chi connectivity index (χ0v) is 10.9. The van der Waals surface area contributed by atoms with Crippen molar-refractivity contribution in [2.75, 3.05) is 5.32 Å². The summed E-state index contributed by atoms with van der Waals surface area (Å²) in [6.45, 7) is 3.88. The van der Waals surface area contributed by atoms with E-state index in [-0.39, 0.29) is 12.0 Å². The summed E-state index contributed by atoms with van der Waals surface area (Å²) in [4.78, 5) is 22.4. The van der Waals surface area contributed by atoms with Crippen molar-refractivity contribution in [3.8, 4) is 5.75 Å². The van der Waals surface area contributed by atoms with Gasteiger partial charge in [-0.05, 0) is 44.5 Å². The van der Waals surface area contributed by atoms with Crippen molar-refractivity contribution in [3.63, 3.8) is 0 Å². The van der Waals surface area contributed by atoms with Crippen LogP contribution < -0.4 is 10.1 Å². The Morgan fingerprint density at radius 2 is 1.89 bits per heavy atom. The maximum atomic E-state index is 11.7. The van der Waals surface area contributed by atoms with E-state index in [1.165, 1.54) is 0 Å². The highest BCUT2D eigenvalue weighted by atomic mass is 16.5. The minimum Gasteiger partial charge on any atom is -0.491 e. The van der Waals surface area contributed by atoms with Gasteiger partial charge in [0.1, 0.15) is 5.75 Å². The van der Waals surface area contributed by atoms with Crippen LogP contribution in [0.3, 0.4) is 0 Å². The summed E-state index contributed by atoms with van der Waals surface area (Å²) in [6, 6.07) is 7.04. The van der Waals surface area contributed by atoms with Crippen LogP contribution >= 0.6 is 0 Å². The van der Waals surface area contributed by atoms with Crippen LogP contribution in [0.15, 0.2) is 24.3 Å². The first-order chi connectivity index (χ1) is 8.97. The van der Waals surface area contributed by atoms with Crippen molar-refractivity contribution in [2.24, 2.45) is 11.8 Å². The summed E-state index contributed by atoms with van der Waals surface area (Å²) >= 11 is 0. The number of hydrogen-bond acceptors (Lipinski definition) is 3. The Bertz CT molecular complexity index is 481. The highest BCUT2D eigenvalue weighted by Gasteiger charge is 2.48. The lowest BCUT2D eigenvalue weighted by Crippen LogP contribution is -2.16. The zero-order valence-electron chi connectivity index (χ0n) is 10.9. The summed E-state index contributed by atoms with van der Waals surface area (Å²) in [5, 5.41) is 11.5. The van der Waals surface area contributed by atoms with E-state index >= 15 is 0 Å². The molecular formula is C14H17NO4. The Morgan fingerprint density at radius 3 is 2.37 bits per heavy atom. The first-order valence-corrected chi connectivity index (χ1v) is 6.27. The van der Waals surface area contributed by atoms with Gasteiger partial charge in [0, 0.05) is 5.69 Å². The van der Waals surface area contributed by atoms with Gasteiger partial charge in [-0.3, -0.25) is 9.59 Å². The second kappa shape index (κ2) is 5.30. The van der Waals surface area contributed by atoms with Gasteiger partial charge in [-0.1, -0.05) is 0 Å². The number of hydrogen-bond donors (Lipinski definition) is 2. The SMILES string of the molecule is CC(C)Oc1ccc(NC(=O)C2CC2C(=O)O)cc1. The second-order valence-electron chi connectivity index (χ2n) is 4.97. The van der Waals surface area contributed by atoms with Gasteiger partial charge in [0.05, 0.1) is 17.9 Å². The maximum absolute atomic E-state index is 11.7. The minimum absolute atomic E-state index is 0.100. The topological polar surface area (TPSA) is 75.6 Å². The van der Waals surface area contributed by atoms with Gasteiger partial charge in [-0.15, -0.1) is 0 Å². The van der Waals surface area contributed by atoms with E-state index in [0.29, 0.717) is 12.1 Å². The fraction of sp³-hybridized carbons (Fsp3) is 0.429. The highest BCUT2D eigenvalue weighted by Crippen LogP contribution is 2.39. The Hall–Kier alpha value is -2.04. The highest BCUT2D eigenvalue weighted by molar-refractivity contribution is 5.98. The Kier molecular flexibility index (Phi) is 3.74. The molecule has 1 aliphatic carbocycles. The van der Waals surface area contributed by atoms with E-state index in [9.17, 15) is 9.59 Å². The van der Waals surface area contributed by atoms with E-state index < -0.39 is 17.8 Å². The molecule has 0 saturated heterocycles. The van der Waals surface area contributed by atoms with Gasteiger partial charge in [0.25, 0.3) is 0 Å². The number of carbonyl (C=O) groups excluding carboxylic acids is 1. The Morgan fingerprint density at radius 1 is 1.26 bits per heavy atom. The molecule has 2 N–H and O–H groups in total. The van der Waals surface area contributed by atoms with Gasteiger partial charge < -0.3 is 15.2 Å². The van der Waals surface area contributed by atoms with Crippen molar-refractivity contribution in [1.82, 2.24) is 0 Å². The van der Waals surface area contributed by atoms with E-state index in [1.807, 2.05) is 13.8 Å². The molecule has 1 aliphatic rings. The van der Waals surface area contributed by atoms with E-state index in [0.717, 1.165) is 5.75 Å². The van der Waals surface area contributed by atoms with Crippen molar-refractivity contribution < 1.29 is 19.4 Å². The third-order valence-electron chi connectivity index (χ3n) is 2.94. The van der Waals surface area contributed by atoms with Crippen molar-refractivity contribution in [2.45, 2.75) is 26.4 Å². The van der Waals surface area contributed by atoms with E-state index in [4.69, 9.17) is 9.84 Å². The Labute approximate surface area is 111 Å². The normalized spacial score (nSPS) is 21.0. The number of rotatable bonds is 5. The average Bonchev–Trinajstić information content (AvgIpc) is 3.11. The average molecular weight is 263 g/mol. The first-order valence-electron chi connectivity index (χ1n) is 6.27. The third kappa shape index (κ3) is 3.47. The number of anilines is 1. The standard InChI is InChI=1S/C14H17NO4/c1-8(2)19-10-5-3-9(4-6-10)15-13(16)11-7-12(11)14(17)18/h3-6,8,11-12H,7H2,1-2H3,(H,15,16)(H,17,18). The molecule has 1 amide bonds. The van der Waals surface area contributed by atoms with Crippen LogP contribution in [0.1, 0.15) is 20.3 Å². The summed E-state index contributed by atoms with van der Waals surface area (Å²) in [7, 11) is 0. The first kappa shape index (κ1) is 13.4. The predicted octanol–water partition coefficient (Wildman–Crippen LogP) is 2.13. The molecule has 0 spiro atoms. The van der Waals surface area contributed by atoms with Crippen LogP contribution in [0.2, 0.25) is 0 Å². The molecule has 0 aromatic heterocycles. The van der Waals surface area contributed by atoms with Crippen LogP contribution in [-0.2, 0) is 9.59 Å². The van der Waals surface area contributed by atoms with Gasteiger partial charge in [-0.25, -0.2) is 0 Å². The molecule has 2 atom stereocenters. The Balaban J connectivity index is 1.90. The number of nitrogens with one attached hydrogen (secondary N) is 1. The number of benzene rings is 1. The van der Waals surface area contributed by atoms with Crippen LogP contribution in [0.4, 0.5) is 5.69 Å². The van der Waals surface area contributed by atoms with E-state index in [2.05, 4.69) is 5.32 Å². The zero-order chi connectivity index (χ0) is 14.0. The molecule has 102 valence electrons. The lowest BCUT2D eigenvalue weighted by Gasteiger charge is -2.10. The molecule has 0 heterocycles. The summed E-state index contributed by atoms with van der Waals surface area (Å²) in [5.74, 6) is -1.32. The molecule has 1 fully saturated rings. The molecule has 2 unspecified atom stereocenters. The predicted molar refractivity (Wildman–Crippen MR) is 70.1 cm³/mol. The van der Waals surface area contributed by atoms with E-state index in [1.54, 1.807) is 24.3 Å². The molecule has 0 bridgehead atoms. The molecule has 1 aromatic rings. The molecule has 5 nitrogen and oxygen atoms in total. The number of carbonyl (C=O) groups is 2. The maximum Gasteiger partial charge on any atom is 0.307 e. The molecule has 1 aromatic carbocycles. The molecule has 1 saturated carbocycles. The van der Waals surface area contributed by atoms with Crippen LogP contribution in [-0.4, -0.2) is 23.1 Å². The summed E-state index contributed by atoms with van der Waals surface area (Å²) < 4.78 is 5.49. The van der Waals surface area contributed by atoms with Gasteiger partial charge in [0.2, 0.25) is 5.91 Å². The smallest absolute Gasteiger partial charge is 0.307 e. The van der Waals surface area contributed by atoms with Gasteiger partial charge in [-0.2, -0.15) is 0 Å². The van der Waals surface area contributed by atoms with Gasteiger partial charge in [0.15, 0.2) is 0 Å². The molecule has 5 heteroatoms. The molecule has 19 heavy (non-hydrogen) atoms. The summed E-state index contributed by atoms with van der Waals surface area (Å²) in [6.07, 6.45) is 0.527. The lowest BCUT2D eigenvalue weighted by molar-refractivity contribution is -0.139. The molecule has 0 radical (unpaired) electrons. The molecule has 2 rings (SSSR count).